The lowest BCUT2D eigenvalue weighted by molar-refractivity contribution is -0.122. The van der Waals surface area contributed by atoms with Crippen LogP contribution >= 0.6 is 31.9 Å². The molecular weight excluding hydrogens is 542 g/mol. The smallest absolute Gasteiger partial charge is 0.262 e. The lowest BCUT2D eigenvalue weighted by Gasteiger charge is -2.14. The van der Waals surface area contributed by atoms with E-state index in [1.54, 1.807) is 31.2 Å². The lowest BCUT2D eigenvalue weighted by atomic mass is 10.2. The van der Waals surface area contributed by atoms with Crippen molar-refractivity contribution in [2.24, 2.45) is 5.10 Å². The van der Waals surface area contributed by atoms with E-state index >= 15 is 0 Å². The number of rotatable bonds is 11. The number of hydrogen-bond acceptors (Lipinski definition) is 5. The molecule has 9 heteroatoms. The first-order valence-electron chi connectivity index (χ1n) is 10.3. The van der Waals surface area contributed by atoms with E-state index in [1.165, 1.54) is 6.21 Å². The first kappa shape index (κ1) is 25.9. The largest absolute Gasteiger partial charge is 0.490 e. The highest BCUT2D eigenvalue weighted by molar-refractivity contribution is 9.10. The molecule has 0 bridgehead atoms. The number of halogens is 2. The fraction of sp³-hybridized carbons (Fsp3) is 0.348. The average molecular weight is 569 g/mol. The maximum Gasteiger partial charge on any atom is 0.262 e. The van der Waals surface area contributed by atoms with Crippen LogP contribution in [0.3, 0.4) is 0 Å². The first-order valence-corrected chi connectivity index (χ1v) is 11.9. The highest BCUT2D eigenvalue weighted by Gasteiger charge is 2.17. The summed E-state index contributed by atoms with van der Waals surface area (Å²) in [5.41, 5.74) is 3.61. The van der Waals surface area contributed by atoms with Gasteiger partial charge in [-0.2, -0.15) is 5.10 Å². The average Bonchev–Trinajstić information content (AvgIpc) is 2.76. The number of nitrogens with one attached hydrogen (secondary N) is 2. The topological polar surface area (TPSA) is 89.0 Å². The molecule has 0 fully saturated rings. The number of unbranched alkanes of at least 4 members (excludes halogenated alkanes) is 1. The summed E-state index contributed by atoms with van der Waals surface area (Å²) >= 11 is 6.84. The number of carbonyl (C=O) groups excluding carboxylic acids is 2. The van der Waals surface area contributed by atoms with E-state index in [-0.39, 0.29) is 5.91 Å². The lowest BCUT2D eigenvalue weighted by Crippen LogP contribution is -2.43. The van der Waals surface area contributed by atoms with Crippen molar-refractivity contribution < 1.29 is 19.1 Å². The molecule has 0 radical (unpaired) electrons. The number of hydrazone groups is 1. The molecule has 0 spiro atoms. The molecule has 2 rings (SSSR count). The minimum Gasteiger partial charge on any atom is -0.490 e. The monoisotopic (exact) mass is 567 g/mol. The second kappa shape index (κ2) is 13.2. The Morgan fingerprint density at radius 1 is 1.12 bits per heavy atom. The zero-order valence-electron chi connectivity index (χ0n) is 18.3. The third kappa shape index (κ3) is 7.63. The van der Waals surface area contributed by atoms with Crippen LogP contribution in [0.25, 0.3) is 0 Å². The summed E-state index contributed by atoms with van der Waals surface area (Å²) in [5.74, 6) is 0.447. The van der Waals surface area contributed by atoms with Crippen molar-refractivity contribution in [2.75, 3.05) is 13.2 Å². The predicted molar refractivity (Wildman–Crippen MR) is 133 cm³/mol. The molecule has 0 aliphatic carbocycles. The summed E-state index contributed by atoms with van der Waals surface area (Å²) in [7, 11) is 0. The maximum atomic E-state index is 12.3. The summed E-state index contributed by atoms with van der Waals surface area (Å²) < 4.78 is 12.9. The Morgan fingerprint density at radius 2 is 1.88 bits per heavy atom. The summed E-state index contributed by atoms with van der Waals surface area (Å²) in [6, 6.07) is 9.85. The molecule has 1 unspecified atom stereocenters. The van der Waals surface area contributed by atoms with Gasteiger partial charge in [0.25, 0.3) is 11.8 Å². The Balaban J connectivity index is 2.00. The molecule has 0 aliphatic heterocycles. The Kier molecular flexibility index (Phi) is 10.7. The van der Waals surface area contributed by atoms with Gasteiger partial charge in [0.2, 0.25) is 0 Å². The number of hydrogen-bond donors (Lipinski definition) is 2. The Labute approximate surface area is 205 Å². The molecule has 7 nitrogen and oxygen atoms in total. The van der Waals surface area contributed by atoms with Crippen molar-refractivity contribution in [2.45, 2.75) is 39.7 Å². The fourth-order valence-electron chi connectivity index (χ4n) is 2.64. The molecule has 2 aromatic carbocycles. The van der Waals surface area contributed by atoms with Crippen LogP contribution in [0.2, 0.25) is 0 Å². The van der Waals surface area contributed by atoms with E-state index in [2.05, 4.69) is 54.6 Å². The number of amides is 2. The van der Waals surface area contributed by atoms with Crippen LogP contribution in [0.4, 0.5) is 0 Å². The van der Waals surface area contributed by atoms with Gasteiger partial charge in [-0.15, -0.1) is 0 Å². The molecule has 0 saturated heterocycles. The van der Waals surface area contributed by atoms with Crippen molar-refractivity contribution >= 4 is 49.9 Å². The molecule has 172 valence electrons. The van der Waals surface area contributed by atoms with Gasteiger partial charge in [0.1, 0.15) is 6.04 Å². The SMILES string of the molecule is CCCCOc1c(Br)cc(C=NNC(=O)C(C)NC(=O)c2ccccc2Br)cc1OCC. The second-order valence-electron chi connectivity index (χ2n) is 6.87. The van der Waals surface area contributed by atoms with Gasteiger partial charge in [-0.1, -0.05) is 25.5 Å². The van der Waals surface area contributed by atoms with Crippen LogP contribution in [0.5, 0.6) is 11.5 Å². The molecule has 2 N–H and O–H groups in total. The van der Waals surface area contributed by atoms with E-state index in [9.17, 15) is 9.59 Å². The number of carbonyl (C=O) groups is 2. The van der Waals surface area contributed by atoms with Gasteiger partial charge in [0.05, 0.1) is 29.5 Å². The van der Waals surface area contributed by atoms with E-state index in [1.807, 2.05) is 19.1 Å². The maximum absolute atomic E-state index is 12.3. The molecule has 32 heavy (non-hydrogen) atoms. The van der Waals surface area contributed by atoms with Crippen molar-refractivity contribution in [3.63, 3.8) is 0 Å². The number of nitrogens with zero attached hydrogens (tertiary/aromatic N) is 1. The molecule has 0 aromatic heterocycles. The quantitative estimate of drug-likeness (QED) is 0.225. The molecule has 0 saturated carbocycles. The van der Waals surface area contributed by atoms with Gasteiger partial charge in [0, 0.05) is 4.47 Å². The van der Waals surface area contributed by atoms with Crippen LogP contribution in [-0.2, 0) is 4.79 Å². The van der Waals surface area contributed by atoms with Crippen LogP contribution in [0.15, 0.2) is 50.4 Å². The zero-order valence-corrected chi connectivity index (χ0v) is 21.5. The molecule has 0 aliphatic rings. The highest BCUT2D eigenvalue weighted by Crippen LogP contribution is 2.36. The normalized spacial score (nSPS) is 11.8. The molecule has 1 atom stereocenters. The first-order chi connectivity index (χ1) is 15.4. The van der Waals surface area contributed by atoms with Crippen molar-refractivity contribution in [3.8, 4) is 11.5 Å². The Bertz CT molecular complexity index is 966. The molecular formula is C23H27Br2N3O4. The zero-order chi connectivity index (χ0) is 23.5. The van der Waals surface area contributed by atoms with Crippen LogP contribution < -0.4 is 20.2 Å². The fourth-order valence-corrected chi connectivity index (χ4v) is 3.68. The van der Waals surface area contributed by atoms with Crippen LogP contribution in [-0.4, -0.2) is 37.3 Å². The minimum absolute atomic E-state index is 0.354. The summed E-state index contributed by atoms with van der Waals surface area (Å²) in [6.07, 6.45) is 3.49. The van der Waals surface area contributed by atoms with E-state index in [0.717, 1.165) is 17.3 Å². The summed E-state index contributed by atoms with van der Waals surface area (Å²) in [4.78, 5) is 24.7. The van der Waals surface area contributed by atoms with Crippen molar-refractivity contribution in [3.05, 3.63) is 56.5 Å². The second-order valence-corrected chi connectivity index (χ2v) is 8.58. The summed E-state index contributed by atoms with van der Waals surface area (Å²) in [5, 5.41) is 6.66. The van der Waals surface area contributed by atoms with Gasteiger partial charge in [-0.25, -0.2) is 5.43 Å². The van der Waals surface area contributed by atoms with Crippen molar-refractivity contribution in [1.29, 1.82) is 0 Å². The molecule has 2 aromatic rings. The molecule has 2 amide bonds. The predicted octanol–water partition coefficient (Wildman–Crippen LogP) is 5.06. The minimum atomic E-state index is -0.771. The number of benzene rings is 2. The van der Waals surface area contributed by atoms with Crippen LogP contribution in [0, 0.1) is 0 Å². The van der Waals surface area contributed by atoms with E-state index in [4.69, 9.17) is 9.47 Å². The van der Waals surface area contributed by atoms with E-state index in [0.29, 0.717) is 40.3 Å². The third-order valence-electron chi connectivity index (χ3n) is 4.32. The third-order valence-corrected chi connectivity index (χ3v) is 5.60. The number of ether oxygens (including phenoxy) is 2. The van der Waals surface area contributed by atoms with E-state index < -0.39 is 11.9 Å². The van der Waals surface area contributed by atoms with Crippen molar-refractivity contribution in [1.82, 2.24) is 10.7 Å². The summed E-state index contributed by atoms with van der Waals surface area (Å²) in [6.45, 7) is 6.67. The Morgan fingerprint density at radius 3 is 2.56 bits per heavy atom. The molecule has 0 heterocycles. The standard InChI is InChI=1S/C23H27Br2N3O4/c1-4-6-11-32-21-19(25)12-16(13-20(21)31-5-2)14-26-28-22(29)15(3)27-23(30)17-9-7-8-10-18(17)24/h7-10,12-15H,4-6,11H2,1-3H3,(H,27,30)(H,28,29). The highest BCUT2D eigenvalue weighted by atomic mass is 79.9. The van der Waals surface area contributed by atoms with Gasteiger partial charge in [-0.05, 0) is 82.0 Å². The Hall–Kier alpha value is -2.39. The van der Waals surface area contributed by atoms with Gasteiger partial charge in [0.15, 0.2) is 11.5 Å². The van der Waals surface area contributed by atoms with Gasteiger partial charge < -0.3 is 14.8 Å². The van der Waals surface area contributed by atoms with Crippen LogP contribution in [0.1, 0.15) is 49.5 Å². The van der Waals surface area contributed by atoms with Gasteiger partial charge in [-0.3, -0.25) is 9.59 Å². The van der Waals surface area contributed by atoms with Gasteiger partial charge >= 0.3 is 0 Å².